The number of methoxy groups -OCH3 is 2. The minimum absolute atomic E-state index is 0.0317. The Balaban J connectivity index is 1.98. The van der Waals surface area contributed by atoms with Crippen molar-refractivity contribution >= 4 is 17.7 Å². The maximum absolute atomic E-state index is 13.0. The topological polar surface area (TPSA) is 94.3 Å². The summed E-state index contributed by atoms with van der Waals surface area (Å²) in [4.78, 5) is 13.0. The Bertz CT molecular complexity index is 800. The summed E-state index contributed by atoms with van der Waals surface area (Å²) in [6.45, 7) is 7.53. The standard InChI is InChI=1S/C28H47ClN2O5/c1-20(2)22(16-21-10-11-25(35-5)26(17-21)36-15-9-14-34-4)18-23(30)24(32)19-31(29)27(33)28(3)12-7-6-8-13-28/h10-11,17,20,22-24,32H,6-9,12-16,18-19,30H2,1-5H3/t22-,23-,24-/m0/s1. The third kappa shape index (κ3) is 9.09. The molecule has 0 saturated heterocycles. The SMILES string of the molecule is COCCCOc1cc(C[C@@H](C[C@H](N)[C@@H](O)CN(Cl)C(=O)C2(C)CCCCC2)C(C)C)ccc1OC. The van der Waals surface area contributed by atoms with Gasteiger partial charge in [0.1, 0.15) is 0 Å². The van der Waals surface area contributed by atoms with E-state index in [1.54, 1.807) is 14.2 Å². The van der Waals surface area contributed by atoms with E-state index in [1.807, 2.05) is 25.1 Å². The molecule has 1 aliphatic carbocycles. The number of ether oxygens (including phenoxy) is 3. The molecular weight excluding hydrogens is 480 g/mol. The molecule has 7 nitrogen and oxygen atoms in total. The summed E-state index contributed by atoms with van der Waals surface area (Å²) in [6.07, 6.45) is 6.22. The first-order chi connectivity index (χ1) is 17.1. The van der Waals surface area contributed by atoms with Crippen LogP contribution < -0.4 is 15.2 Å². The molecule has 0 bridgehead atoms. The van der Waals surface area contributed by atoms with Crippen molar-refractivity contribution < 1.29 is 24.1 Å². The fourth-order valence-corrected chi connectivity index (χ4v) is 5.31. The highest BCUT2D eigenvalue weighted by atomic mass is 35.5. The zero-order valence-corrected chi connectivity index (χ0v) is 23.6. The molecule has 1 saturated carbocycles. The zero-order chi connectivity index (χ0) is 26.7. The quantitative estimate of drug-likeness (QED) is 0.248. The van der Waals surface area contributed by atoms with Crippen molar-refractivity contribution in [1.82, 2.24) is 4.42 Å². The summed E-state index contributed by atoms with van der Waals surface area (Å²) in [5.74, 6) is 1.89. The van der Waals surface area contributed by atoms with Crippen LogP contribution >= 0.6 is 11.8 Å². The van der Waals surface area contributed by atoms with Crippen LogP contribution in [0.1, 0.15) is 71.3 Å². The monoisotopic (exact) mass is 526 g/mol. The third-order valence-electron chi connectivity index (χ3n) is 7.53. The first-order valence-corrected chi connectivity index (χ1v) is 13.6. The van der Waals surface area contributed by atoms with Gasteiger partial charge in [-0.1, -0.05) is 46.1 Å². The molecule has 1 aliphatic rings. The van der Waals surface area contributed by atoms with Crippen LogP contribution in [-0.4, -0.2) is 61.6 Å². The average Bonchev–Trinajstić information content (AvgIpc) is 2.86. The van der Waals surface area contributed by atoms with E-state index in [9.17, 15) is 9.90 Å². The van der Waals surface area contributed by atoms with Crippen LogP contribution in [0.5, 0.6) is 11.5 Å². The molecule has 0 aliphatic heterocycles. The van der Waals surface area contributed by atoms with E-state index in [1.165, 1.54) is 0 Å². The summed E-state index contributed by atoms with van der Waals surface area (Å²) in [5.41, 5.74) is 7.12. The summed E-state index contributed by atoms with van der Waals surface area (Å²) < 4.78 is 17.7. The van der Waals surface area contributed by atoms with Gasteiger partial charge in [-0.15, -0.1) is 0 Å². The molecule has 0 aromatic heterocycles. The summed E-state index contributed by atoms with van der Waals surface area (Å²) >= 11 is 6.36. The number of aliphatic hydroxyl groups is 1. The Morgan fingerprint density at radius 1 is 1.17 bits per heavy atom. The van der Waals surface area contributed by atoms with Crippen LogP contribution in [0.4, 0.5) is 0 Å². The van der Waals surface area contributed by atoms with Crippen LogP contribution in [0.2, 0.25) is 0 Å². The predicted octanol–water partition coefficient (Wildman–Crippen LogP) is 4.96. The molecule has 3 atom stereocenters. The molecule has 2 rings (SSSR count). The maximum Gasteiger partial charge on any atom is 0.242 e. The lowest BCUT2D eigenvalue weighted by molar-refractivity contribution is -0.139. The van der Waals surface area contributed by atoms with Gasteiger partial charge < -0.3 is 25.1 Å². The number of amides is 1. The van der Waals surface area contributed by atoms with Crippen molar-refractivity contribution in [3.63, 3.8) is 0 Å². The van der Waals surface area contributed by atoms with Crippen molar-refractivity contribution in [1.29, 1.82) is 0 Å². The molecule has 0 unspecified atom stereocenters. The summed E-state index contributed by atoms with van der Waals surface area (Å²) in [7, 11) is 3.31. The molecule has 1 amide bonds. The number of hydrogen-bond acceptors (Lipinski definition) is 6. The number of nitrogens with two attached hydrogens (primary N) is 1. The van der Waals surface area contributed by atoms with Gasteiger partial charge in [-0.3, -0.25) is 9.21 Å². The van der Waals surface area contributed by atoms with Gasteiger partial charge in [0.25, 0.3) is 0 Å². The molecule has 0 heterocycles. The van der Waals surface area contributed by atoms with E-state index in [-0.39, 0.29) is 18.4 Å². The van der Waals surface area contributed by atoms with E-state index >= 15 is 0 Å². The highest BCUT2D eigenvalue weighted by Crippen LogP contribution is 2.38. The molecular formula is C28H47ClN2O5. The van der Waals surface area contributed by atoms with E-state index in [0.717, 1.165) is 54.9 Å². The number of halogens is 1. The Morgan fingerprint density at radius 3 is 2.47 bits per heavy atom. The zero-order valence-electron chi connectivity index (χ0n) is 22.8. The molecule has 8 heteroatoms. The third-order valence-corrected chi connectivity index (χ3v) is 7.82. The van der Waals surface area contributed by atoms with Crippen LogP contribution in [-0.2, 0) is 16.0 Å². The van der Waals surface area contributed by atoms with Crippen LogP contribution in [0, 0.1) is 17.3 Å². The van der Waals surface area contributed by atoms with Gasteiger partial charge in [-0.05, 0) is 55.2 Å². The summed E-state index contributed by atoms with van der Waals surface area (Å²) in [5, 5.41) is 10.8. The second-order valence-electron chi connectivity index (χ2n) is 10.8. The van der Waals surface area contributed by atoms with Gasteiger partial charge in [-0.2, -0.15) is 0 Å². The minimum Gasteiger partial charge on any atom is -0.493 e. The molecule has 36 heavy (non-hydrogen) atoms. The van der Waals surface area contributed by atoms with Crippen molar-refractivity contribution in [2.24, 2.45) is 23.0 Å². The van der Waals surface area contributed by atoms with Gasteiger partial charge in [0.05, 0.1) is 26.4 Å². The van der Waals surface area contributed by atoms with Gasteiger partial charge in [0.15, 0.2) is 11.5 Å². The number of nitrogens with zero attached hydrogens (tertiary/aromatic N) is 1. The number of hydrogen-bond donors (Lipinski definition) is 2. The highest BCUT2D eigenvalue weighted by molar-refractivity contribution is 6.22. The number of aliphatic hydroxyl groups excluding tert-OH is 1. The molecule has 1 fully saturated rings. The molecule has 0 radical (unpaired) electrons. The molecule has 1 aromatic rings. The van der Waals surface area contributed by atoms with E-state index in [2.05, 4.69) is 13.8 Å². The largest absolute Gasteiger partial charge is 0.493 e. The first kappa shape index (κ1) is 30.7. The average molecular weight is 527 g/mol. The normalized spacial score (nSPS) is 17.9. The number of carbonyl (C=O) groups excluding carboxylic acids is 1. The highest BCUT2D eigenvalue weighted by Gasteiger charge is 2.38. The van der Waals surface area contributed by atoms with Crippen molar-refractivity contribution in [3.05, 3.63) is 23.8 Å². The smallest absolute Gasteiger partial charge is 0.242 e. The van der Waals surface area contributed by atoms with Crippen molar-refractivity contribution in [3.8, 4) is 11.5 Å². The Morgan fingerprint density at radius 2 is 1.86 bits per heavy atom. The van der Waals surface area contributed by atoms with Crippen LogP contribution in [0.25, 0.3) is 0 Å². The number of carbonyl (C=O) groups is 1. The lowest BCUT2D eigenvalue weighted by atomic mass is 9.75. The summed E-state index contributed by atoms with van der Waals surface area (Å²) in [6, 6.07) is 5.50. The molecule has 3 N–H and O–H groups in total. The van der Waals surface area contributed by atoms with Gasteiger partial charge in [0, 0.05) is 43.4 Å². The fourth-order valence-electron chi connectivity index (χ4n) is 4.97. The second kappa shape index (κ2) is 15.0. The molecule has 0 spiro atoms. The fraction of sp³-hybridized carbons (Fsp3) is 0.750. The molecule has 1 aromatic carbocycles. The lowest BCUT2D eigenvalue weighted by Crippen LogP contribution is -2.47. The van der Waals surface area contributed by atoms with E-state index in [0.29, 0.717) is 37.1 Å². The second-order valence-corrected chi connectivity index (χ2v) is 11.2. The lowest BCUT2D eigenvalue weighted by Gasteiger charge is -2.35. The van der Waals surface area contributed by atoms with Gasteiger partial charge in [-0.25, -0.2) is 0 Å². The number of rotatable bonds is 15. The molecule has 206 valence electrons. The number of benzene rings is 1. The van der Waals surface area contributed by atoms with E-state index in [4.69, 9.17) is 31.7 Å². The van der Waals surface area contributed by atoms with Crippen molar-refractivity contribution in [2.45, 2.75) is 84.3 Å². The maximum atomic E-state index is 13.0. The Labute approximate surface area is 222 Å². The van der Waals surface area contributed by atoms with Crippen LogP contribution in [0.15, 0.2) is 18.2 Å². The van der Waals surface area contributed by atoms with Crippen molar-refractivity contribution in [2.75, 3.05) is 34.0 Å². The predicted molar refractivity (Wildman–Crippen MR) is 144 cm³/mol. The Kier molecular flexibility index (Phi) is 12.8. The Hall–Kier alpha value is -1.54. The van der Waals surface area contributed by atoms with Gasteiger partial charge >= 0.3 is 0 Å². The van der Waals surface area contributed by atoms with E-state index < -0.39 is 17.6 Å². The van der Waals surface area contributed by atoms with Crippen LogP contribution in [0.3, 0.4) is 0 Å². The minimum atomic E-state index is -0.893. The first-order valence-electron chi connectivity index (χ1n) is 13.3. The van der Waals surface area contributed by atoms with Gasteiger partial charge in [0.2, 0.25) is 5.91 Å².